The van der Waals surface area contributed by atoms with Crippen LogP contribution < -0.4 is 0 Å². The molecule has 1 aliphatic carbocycles. The van der Waals surface area contributed by atoms with E-state index < -0.39 is 0 Å². The Morgan fingerprint density at radius 1 is 1.50 bits per heavy atom. The van der Waals surface area contributed by atoms with Gasteiger partial charge in [-0.25, -0.2) is 0 Å². The number of hydrogen-bond donors (Lipinski definition) is 0. The summed E-state index contributed by atoms with van der Waals surface area (Å²) in [5, 5.41) is 0. The van der Waals surface area contributed by atoms with Gasteiger partial charge in [0.1, 0.15) is 11.5 Å². The van der Waals surface area contributed by atoms with Gasteiger partial charge in [-0.2, -0.15) is 0 Å². The SMILES string of the molecule is CC1C=CC(OC2=CC=NCC2)=CC1. The zero-order chi connectivity index (χ0) is 9.80. The van der Waals surface area contributed by atoms with Crippen LogP contribution in [0, 0.1) is 5.92 Å². The molecule has 0 bridgehead atoms. The average Bonchev–Trinajstić information content (AvgIpc) is 2.23. The van der Waals surface area contributed by atoms with E-state index in [0.717, 1.165) is 30.9 Å². The first-order chi connectivity index (χ1) is 6.84. The smallest absolute Gasteiger partial charge is 0.122 e. The highest BCUT2D eigenvalue weighted by Crippen LogP contribution is 2.20. The summed E-state index contributed by atoms with van der Waals surface area (Å²) in [6, 6.07) is 0. The lowest BCUT2D eigenvalue weighted by atomic mass is 10.0. The van der Waals surface area contributed by atoms with Gasteiger partial charge >= 0.3 is 0 Å². The predicted octanol–water partition coefficient (Wildman–Crippen LogP) is 2.84. The lowest BCUT2D eigenvalue weighted by Gasteiger charge is -2.15. The minimum atomic E-state index is 0.643. The van der Waals surface area contributed by atoms with E-state index in [2.05, 4.69) is 30.1 Å². The van der Waals surface area contributed by atoms with Crippen LogP contribution in [0.1, 0.15) is 19.8 Å². The largest absolute Gasteiger partial charge is 0.462 e. The Hall–Kier alpha value is -1.31. The Balaban J connectivity index is 1.95. The standard InChI is InChI=1S/C12H15NO/c1-10-2-4-11(5-3-10)14-12-6-8-13-9-7-12/h2,4-6,8,10H,3,7,9H2,1H3. The third-order valence-electron chi connectivity index (χ3n) is 2.38. The van der Waals surface area contributed by atoms with Gasteiger partial charge in [0.2, 0.25) is 0 Å². The fourth-order valence-electron chi connectivity index (χ4n) is 1.49. The van der Waals surface area contributed by atoms with E-state index in [-0.39, 0.29) is 0 Å². The number of aliphatic imine (C=N–C) groups is 1. The topological polar surface area (TPSA) is 21.6 Å². The van der Waals surface area contributed by atoms with E-state index in [1.807, 2.05) is 12.3 Å². The van der Waals surface area contributed by atoms with Gasteiger partial charge in [0.15, 0.2) is 0 Å². The molecule has 2 heteroatoms. The van der Waals surface area contributed by atoms with Crippen molar-refractivity contribution in [3.8, 4) is 0 Å². The first kappa shape index (κ1) is 9.25. The zero-order valence-electron chi connectivity index (χ0n) is 8.44. The molecule has 1 heterocycles. The second-order valence-corrected chi connectivity index (χ2v) is 3.72. The fourth-order valence-corrected chi connectivity index (χ4v) is 1.49. The van der Waals surface area contributed by atoms with Gasteiger partial charge in [0.05, 0.1) is 0 Å². The summed E-state index contributed by atoms with van der Waals surface area (Å²) in [7, 11) is 0. The van der Waals surface area contributed by atoms with Crippen molar-refractivity contribution in [2.24, 2.45) is 10.9 Å². The molecule has 0 radical (unpaired) electrons. The molecule has 0 aromatic heterocycles. The monoisotopic (exact) mass is 189 g/mol. The fraction of sp³-hybridized carbons (Fsp3) is 0.417. The van der Waals surface area contributed by atoms with Crippen LogP contribution in [0.3, 0.4) is 0 Å². The summed E-state index contributed by atoms with van der Waals surface area (Å²) in [5.74, 6) is 2.64. The van der Waals surface area contributed by atoms with E-state index in [1.165, 1.54) is 0 Å². The van der Waals surface area contributed by atoms with Crippen LogP contribution in [0.2, 0.25) is 0 Å². The number of allylic oxidation sites excluding steroid dienone is 4. The second kappa shape index (κ2) is 4.27. The molecular weight excluding hydrogens is 174 g/mol. The van der Waals surface area contributed by atoms with Gasteiger partial charge in [-0.3, -0.25) is 4.99 Å². The van der Waals surface area contributed by atoms with Crippen molar-refractivity contribution in [1.82, 2.24) is 0 Å². The van der Waals surface area contributed by atoms with Crippen molar-refractivity contribution in [3.63, 3.8) is 0 Å². The lowest BCUT2D eigenvalue weighted by Crippen LogP contribution is -2.02. The van der Waals surface area contributed by atoms with Gasteiger partial charge in [0.25, 0.3) is 0 Å². The normalized spacial score (nSPS) is 25.6. The number of dihydropyridines is 1. The van der Waals surface area contributed by atoms with Gasteiger partial charge in [0, 0.05) is 19.2 Å². The summed E-state index contributed by atoms with van der Waals surface area (Å²) >= 11 is 0. The second-order valence-electron chi connectivity index (χ2n) is 3.72. The molecule has 2 rings (SSSR count). The molecule has 1 unspecified atom stereocenters. The van der Waals surface area contributed by atoms with Crippen molar-refractivity contribution in [2.45, 2.75) is 19.8 Å². The Morgan fingerprint density at radius 2 is 2.43 bits per heavy atom. The molecule has 1 aliphatic heterocycles. The van der Waals surface area contributed by atoms with E-state index in [9.17, 15) is 0 Å². The van der Waals surface area contributed by atoms with E-state index >= 15 is 0 Å². The molecule has 14 heavy (non-hydrogen) atoms. The highest BCUT2D eigenvalue weighted by Gasteiger charge is 2.07. The van der Waals surface area contributed by atoms with Crippen molar-refractivity contribution < 1.29 is 4.74 Å². The third-order valence-corrected chi connectivity index (χ3v) is 2.38. The van der Waals surface area contributed by atoms with Crippen molar-refractivity contribution in [3.05, 3.63) is 35.8 Å². The first-order valence-electron chi connectivity index (χ1n) is 5.10. The average molecular weight is 189 g/mol. The van der Waals surface area contributed by atoms with Gasteiger partial charge in [-0.05, 0) is 30.6 Å². The third kappa shape index (κ3) is 2.34. The molecule has 0 aromatic rings. The number of rotatable bonds is 2. The molecule has 1 atom stereocenters. The molecule has 2 aliphatic rings. The number of ether oxygens (including phenoxy) is 1. The molecule has 0 saturated heterocycles. The van der Waals surface area contributed by atoms with Crippen LogP contribution in [0.25, 0.3) is 0 Å². The summed E-state index contributed by atoms with van der Waals surface area (Å²) in [6.07, 6.45) is 12.1. The van der Waals surface area contributed by atoms with Crippen LogP contribution in [-0.2, 0) is 4.74 Å². The molecule has 0 amide bonds. The quantitative estimate of drug-likeness (QED) is 0.654. The number of nitrogens with zero attached hydrogens (tertiary/aromatic N) is 1. The molecule has 0 saturated carbocycles. The molecule has 74 valence electrons. The van der Waals surface area contributed by atoms with Crippen molar-refractivity contribution in [2.75, 3.05) is 6.54 Å². The Labute approximate surface area is 84.7 Å². The van der Waals surface area contributed by atoms with Gasteiger partial charge in [-0.15, -0.1) is 0 Å². The molecule has 0 aromatic carbocycles. The maximum atomic E-state index is 5.72. The van der Waals surface area contributed by atoms with Crippen LogP contribution in [-0.4, -0.2) is 12.8 Å². The van der Waals surface area contributed by atoms with Crippen LogP contribution in [0.4, 0.5) is 0 Å². The van der Waals surface area contributed by atoms with Crippen LogP contribution in [0.15, 0.2) is 40.8 Å². The summed E-state index contributed by atoms with van der Waals surface area (Å²) in [4.78, 5) is 4.11. The highest BCUT2D eigenvalue weighted by atomic mass is 16.5. The molecule has 2 nitrogen and oxygen atoms in total. The van der Waals surface area contributed by atoms with Gasteiger partial charge < -0.3 is 4.74 Å². The molecular formula is C12H15NO. The first-order valence-corrected chi connectivity index (χ1v) is 5.10. The molecule has 0 spiro atoms. The van der Waals surface area contributed by atoms with Gasteiger partial charge in [-0.1, -0.05) is 13.0 Å². The van der Waals surface area contributed by atoms with Crippen LogP contribution in [0.5, 0.6) is 0 Å². The summed E-state index contributed by atoms with van der Waals surface area (Å²) in [5.41, 5.74) is 0. The Kier molecular flexibility index (Phi) is 2.82. The lowest BCUT2D eigenvalue weighted by molar-refractivity contribution is 0.301. The minimum absolute atomic E-state index is 0.643. The zero-order valence-corrected chi connectivity index (χ0v) is 8.44. The molecule has 0 N–H and O–H groups in total. The maximum absolute atomic E-state index is 5.72. The maximum Gasteiger partial charge on any atom is 0.122 e. The number of hydrogen-bond acceptors (Lipinski definition) is 2. The Morgan fingerprint density at radius 3 is 3.07 bits per heavy atom. The Bertz CT molecular complexity index is 323. The summed E-state index contributed by atoms with van der Waals surface area (Å²) < 4.78 is 5.72. The van der Waals surface area contributed by atoms with Crippen molar-refractivity contribution in [1.29, 1.82) is 0 Å². The van der Waals surface area contributed by atoms with Crippen LogP contribution >= 0.6 is 0 Å². The van der Waals surface area contributed by atoms with E-state index in [0.29, 0.717) is 5.92 Å². The van der Waals surface area contributed by atoms with Crippen molar-refractivity contribution >= 4 is 6.21 Å². The van der Waals surface area contributed by atoms with E-state index in [4.69, 9.17) is 4.74 Å². The van der Waals surface area contributed by atoms with E-state index in [1.54, 1.807) is 0 Å². The molecule has 0 fully saturated rings. The highest BCUT2D eigenvalue weighted by molar-refractivity contribution is 5.72. The predicted molar refractivity (Wildman–Crippen MR) is 58.1 cm³/mol. The minimum Gasteiger partial charge on any atom is -0.462 e. The summed E-state index contributed by atoms with van der Waals surface area (Å²) in [6.45, 7) is 3.05.